The van der Waals surface area contributed by atoms with Gasteiger partial charge in [0.15, 0.2) is 5.16 Å². The lowest BCUT2D eigenvalue weighted by Gasteiger charge is -2.24. The van der Waals surface area contributed by atoms with Gasteiger partial charge in [0.05, 0.1) is 11.8 Å². The number of aromatic nitrogens is 3. The Balaban J connectivity index is 1.76. The van der Waals surface area contributed by atoms with Crippen LogP contribution in [0.2, 0.25) is 0 Å². The maximum absolute atomic E-state index is 13.0. The molecule has 0 aliphatic rings. The molecule has 0 unspecified atom stereocenters. The number of thioether (sulfide) groups is 1. The number of benzene rings is 2. The summed E-state index contributed by atoms with van der Waals surface area (Å²) in [7, 11) is 0. The maximum Gasteiger partial charge on any atom is 0.240 e. The van der Waals surface area contributed by atoms with Crippen LogP contribution in [0.4, 0.5) is 5.69 Å². The molecule has 0 saturated carbocycles. The van der Waals surface area contributed by atoms with E-state index in [1.54, 1.807) is 0 Å². The Kier molecular flexibility index (Phi) is 6.29. The minimum absolute atomic E-state index is 0.0700. The van der Waals surface area contributed by atoms with Gasteiger partial charge in [-0.3, -0.25) is 4.79 Å². The van der Waals surface area contributed by atoms with Crippen LogP contribution < -0.4 is 4.90 Å². The second kappa shape index (κ2) is 8.86. The number of para-hydroxylation sites is 1. The minimum atomic E-state index is -0.261. The number of carbonyl (C=O) groups excluding carboxylic acids is 1. The summed E-state index contributed by atoms with van der Waals surface area (Å²) in [5.41, 5.74) is 2.10. The lowest BCUT2D eigenvalue weighted by atomic mass is 10.2. The molecule has 0 N–H and O–H groups in total. The number of rotatable bonds is 7. The lowest BCUT2D eigenvalue weighted by molar-refractivity contribution is -0.117. The quantitative estimate of drug-likeness (QED) is 0.577. The second-order valence-corrected chi connectivity index (χ2v) is 7.59. The highest BCUT2D eigenvalue weighted by molar-refractivity contribution is 8.00. The summed E-state index contributed by atoms with van der Waals surface area (Å²) >= 11 is 1.45. The van der Waals surface area contributed by atoms with Crippen molar-refractivity contribution in [2.24, 2.45) is 0 Å². The fraction of sp³-hybridized carbons (Fsp3) is 0.286. The van der Waals surface area contributed by atoms with Crippen molar-refractivity contribution < 1.29 is 4.79 Å². The predicted molar refractivity (Wildman–Crippen MR) is 110 cm³/mol. The van der Waals surface area contributed by atoms with E-state index >= 15 is 0 Å². The molecule has 1 aromatic heterocycles. The van der Waals surface area contributed by atoms with Crippen LogP contribution in [0.25, 0.3) is 0 Å². The van der Waals surface area contributed by atoms with Crippen molar-refractivity contribution in [1.29, 1.82) is 0 Å². The van der Waals surface area contributed by atoms with Gasteiger partial charge in [-0.1, -0.05) is 60.3 Å². The van der Waals surface area contributed by atoms with Gasteiger partial charge >= 0.3 is 0 Å². The zero-order chi connectivity index (χ0) is 19.2. The van der Waals surface area contributed by atoms with Crippen LogP contribution >= 0.6 is 11.8 Å². The highest BCUT2D eigenvalue weighted by atomic mass is 32.2. The first-order valence-corrected chi connectivity index (χ1v) is 9.95. The van der Waals surface area contributed by atoms with Gasteiger partial charge in [-0.15, -0.1) is 10.2 Å². The monoisotopic (exact) mass is 380 g/mol. The normalized spacial score (nSPS) is 12.0. The summed E-state index contributed by atoms with van der Waals surface area (Å²) in [6.07, 6.45) is 0. The summed E-state index contributed by atoms with van der Waals surface area (Å²) in [5.74, 6) is 0.914. The Labute approximate surface area is 164 Å². The molecule has 0 spiro atoms. The fourth-order valence-electron chi connectivity index (χ4n) is 2.90. The van der Waals surface area contributed by atoms with Crippen LogP contribution in [0.1, 0.15) is 25.2 Å². The molecule has 1 heterocycles. The third-order valence-corrected chi connectivity index (χ3v) is 5.43. The van der Waals surface area contributed by atoms with Crippen molar-refractivity contribution >= 4 is 23.4 Å². The van der Waals surface area contributed by atoms with E-state index in [1.165, 1.54) is 17.3 Å². The molecule has 0 saturated heterocycles. The van der Waals surface area contributed by atoms with Crippen molar-refractivity contribution in [2.75, 3.05) is 11.4 Å². The Morgan fingerprint density at radius 1 is 1.07 bits per heavy atom. The van der Waals surface area contributed by atoms with Crippen LogP contribution in [0, 0.1) is 6.92 Å². The molecule has 5 nitrogen and oxygen atoms in total. The summed E-state index contributed by atoms with van der Waals surface area (Å²) < 4.78 is 2.06. The van der Waals surface area contributed by atoms with Crippen molar-refractivity contribution in [2.45, 2.75) is 37.7 Å². The molecule has 0 bridgehead atoms. The van der Waals surface area contributed by atoms with Gasteiger partial charge in [-0.25, -0.2) is 0 Å². The SMILES string of the molecule is CCN(C(=O)[C@H](C)Sc1nnc(C)n1Cc1ccccc1)c1ccccc1. The van der Waals surface area contributed by atoms with Crippen LogP contribution in [0.15, 0.2) is 65.8 Å². The molecular weight excluding hydrogens is 356 g/mol. The third kappa shape index (κ3) is 4.57. The van der Waals surface area contributed by atoms with Gasteiger partial charge in [-0.05, 0) is 38.5 Å². The zero-order valence-electron chi connectivity index (χ0n) is 15.9. The Morgan fingerprint density at radius 2 is 1.70 bits per heavy atom. The first-order valence-electron chi connectivity index (χ1n) is 9.07. The summed E-state index contributed by atoms with van der Waals surface area (Å²) in [5, 5.41) is 9.02. The molecule has 3 aromatic rings. The van der Waals surface area contributed by atoms with Gasteiger partial charge < -0.3 is 9.47 Å². The van der Waals surface area contributed by atoms with E-state index in [0.717, 1.165) is 16.7 Å². The standard InChI is InChI=1S/C21H24N4OS/c1-4-24(19-13-9-6-10-14-19)20(26)16(2)27-21-23-22-17(3)25(21)15-18-11-7-5-8-12-18/h5-14,16H,4,15H2,1-3H3/t16-/m0/s1. The van der Waals surface area contributed by atoms with E-state index in [2.05, 4.69) is 26.9 Å². The number of anilines is 1. The van der Waals surface area contributed by atoms with Crippen LogP contribution in [-0.4, -0.2) is 32.5 Å². The molecule has 3 rings (SSSR count). The van der Waals surface area contributed by atoms with Crippen molar-refractivity contribution in [3.8, 4) is 0 Å². The molecule has 0 aliphatic heterocycles. The molecule has 27 heavy (non-hydrogen) atoms. The molecule has 6 heteroatoms. The van der Waals surface area contributed by atoms with Gasteiger partial charge in [0.2, 0.25) is 5.91 Å². The van der Waals surface area contributed by atoms with Gasteiger partial charge in [0.25, 0.3) is 0 Å². The van der Waals surface area contributed by atoms with E-state index < -0.39 is 0 Å². The summed E-state index contributed by atoms with van der Waals surface area (Å²) in [4.78, 5) is 14.8. The average molecular weight is 381 g/mol. The maximum atomic E-state index is 13.0. The highest BCUT2D eigenvalue weighted by Gasteiger charge is 2.24. The van der Waals surface area contributed by atoms with Gasteiger partial charge in [0, 0.05) is 12.2 Å². The average Bonchev–Trinajstić information content (AvgIpc) is 3.03. The van der Waals surface area contributed by atoms with Crippen LogP contribution in [0.3, 0.4) is 0 Å². The lowest BCUT2D eigenvalue weighted by Crippen LogP contribution is -2.36. The number of carbonyl (C=O) groups is 1. The number of aryl methyl sites for hydroxylation is 1. The highest BCUT2D eigenvalue weighted by Crippen LogP contribution is 2.26. The van der Waals surface area contributed by atoms with Crippen LogP contribution in [-0.2, 0) is 11.3 Å². The number of amides is 1. The van der Waals surface area contributed by atoms with E-state index in [-0.39, 0.29) is 11.2 Å². The van der Waals surface area contributed by atoms with E-state index in [4.69, 9.17) is 0 Å². The van der Waals surface area contributed by atoms with Crippen molar-refractivity contribution in [1.82, 2.24) is 14.8 Å². The van der Waals surface area contributed by atoms with Crippen LogP contribution in [0.5, 0.6) is 0 Å². The molecule has 1 amide bonds. The summed E-state index contributed by atoms with van der Waals surface area (Å²) in [6, 6.07) is 20.0. The molecule has 0 radical (unpaired) electrons. The zero-order valence-corrected chi connectivity index (χ0v) is 16.7. The molecule has 140 valence electrons. The Bertz CT molecular complexity index is 880. The van der Waals surface area contributed by atoms with Crippen molar-refractivity contribution in [3.63, 3.8) is 0 Å². The number of hydrogen-bond acceptors (Lipinski definition) is 4. The predicted octanol–water partition coefficient (Wildman–Crippen LogP) is 4.17. The molecule has 2 aromatic carbocycles. The minimum Gasteiger partial charge on any atom is -0.312 e. The molecule has 1 atom stereocenters. The second-order valence-electron chi connectivity index (χ2n) is 6.28. The third-order valence-electron chi connectivity index (χ3n) is 4.37. The molecule has 0 aliphatic carbocycles. The Hall–Kier alpha value is -2.60. The largest absolute Gasteiger partial charge is 0.312 e. The Morgan fingerprint density at radius 3 is 2.33 bits per heavy atom. The first kappa shape index (κ1) is 19.2. The van der Waals surface area contributed by atoms with E-state index in [9.17, 15) is 4.79 Å². The van der Waals surface area contributed by atoms with E-state index in [0.29, 0.717) is 13.1 Å². The number of hydrogen-bond donors (Lipinski definition) is 0. The molecular formula is C21H24N4OS. The first-order chi connectivity index (χ1) is 13.1. The van der Waals surface area contributed by atoms with Gasteiger partial charge in [0.1, 0.15) is 5.82 Å². The number of nitrogens with zero attached hydrogens (tertiary/aromatic N) is 4. The van der Waals surface area contributed by atoms with E-state index in [1.807, 2.05) is 74.2 Å². The topological polar surface area (TPSA) is 51.0 Å². The summed E-state index contributed by atoms with van der Waals surface area (Å²) in [6.45, 7) is 7.18. The van der Waals surface area contributed by atoms with Crippen molar-refractivity contribution in [3.05, 3.63) is 72.1 Å². The molecule has 0 fully saturated rings. The smallest absolute Gasteiger partial charge is 0.240 e. The fourth-order valence-corrected chi connectivity index (χ4v) is 3.85. The van der Waals surface area contributed by atoms with Gasteiger partial charge in [-0.2, -0.15) is 0 Å².